The Morgan fingerprint density at radius 3 is 0.739 bits per heavy atom. The van der Waals surface area contributed by atoms with Crippen LogP contribution in [0.4, 0.5) is 0 Å². The fourth-order valence-electron chi connectivity index (χ4n) is 2.13. The Balaban J connectivity index is 0.000000282. The SMILES string of the molecule is C1CCOCC1.C1CCOCC1.C1CCOCC1.SCCCS. The normalized spacial score (nSPS) is 20.6. The maximum Gasteiger partial charge on any atom is 0.0466 e. The van der Waals surface area contributed by atoms with E-state index in [0.29, 0.717) is 0 Å². The summed E-state index contributed by atoms with van der Waals surface area (Å²) < 4.78 is 15.2. The fraction of sp³-hybridized carbons (Fsp3) is 1.00. The van der Waals surface area contributed by atoms with Crippen LogP contribution < -0.4 is 0 Å². The van der Waals surface area contributed by atoms with E-state index in [2.05, 4.69) is 25.3 Å². The zero-order valence-corrected chi connectivity index (χ0v) is 16.6. The second kappa shape index (κ2) is 22.6. The van der Waals surface area contributed by atoms with E-state index < -0.39 is 0 Å². The van der Waals surface area contributed by atoms with Gasteiger partial charge in [-0.15, -0.1) is 0 Å². The van der Waals surface area contributed by atoms with E-state index in [-0.39, 0.29) is 0 Å². The van der Waals surface area contributed by atoms with Crippen molar-refractivity contribution in [2.75, 3.05) is 51.1 Å². The van der Waals surface area contributed by atoms with Crippen LogP contribution in [-0.2, 0) is 14.2 Å². The lowest BCUT2D eigenvalue weighted by molar-refractivity contribution is 0.0967. The third-order valence-electron chi connectivity index (χ3n) is 3.55. The van der Waals surface area contributed by atoms with E-state index in [4.69, 9.17) is 14.2 Å². The summed E-state index contributed by atoms with van der Waals surface area (Å²) in [7, 11) is 0. The zero-order chi connectivity index (χ0) is 16.8. The predicted octanol–water partition coefficient (Wildman–Crippen LogP) is 4.80. The van der Waals surface area contributed by atoms with Gasteiger partial charge in [-0.3, -0.25) is 0 Å². The van der Waals surface area contributed by atoms with Crippen molar-refractivity contribution in [2.24, 2.45) is 0 Å². The Morgan fingerprint density at radius 2 is 0.696 bits per heavy atom. The van der Waals surface area contributed by atoms with Crippen molar-refractivity contribution in [1.82, 2.24) is 0 Å². The fourth-order valence-corrected chi connectivity index (χ4v) is 2.70. The Bertz CT molecular complexity index is 130. The molecule has 3 fully saturated rings. The van der Waals surface area contributed by atoms with Gasteiger partial charge in [-0.05, 0) is 75.7 Å². The standard InChI is InChI=1S/3C5H10O.C3H8S2/c3*1-2-4-6-5-3-1;4-2-1-3-5/h3*1-5H2;4-5H,1-3H2. The van der Waals surface area contributed by atoms with Gasteiger partial charge in [-0.1, -0.05) is 0 Å². The summed E-state index contributed by atoms with van der Waals surface area (Å²) in [6.07, 6.45) is 12.9. The van der Waals surface area contributed by atoms with Gasteiger partial charge < -0.3 is 14.2 Å². The third-order valence-corrected chi connectivity index (χ3v) is 4.18. The van der Waals surface area contributed by atoms with Gasteiger partial charge in [-0.2, -0.15) is 25.3 Å². The minimum absolute atomic E-state index is 0.962. The molecular formula is C18H38O3S2. The molecule has 3 heterocycles. The van der Waals surface area contributed by atoms with Crippen molar-refractivity contribution in [1.29, 1.82) is 0 Å². The number of thiol groups is 2. The summed E-state index contributed by atoms with van der Waals surface area (Å²) in [5.41, 5.74) is 0. The Morgan fingerprint density at radius 1 is 0.435 bits per heavy atom. The first-order valence-electron chi connectivity index (χ1n) is 9.36. The summed E-state index contributed by atoms with van der Waals surface area (Å²) >= 11 is 7.90. The van der Waals surface area contributed by atoms with Crippen molar-refractivity contribution < 1.29 is 14.2 Å². The van der Waals surface area contributed by atoms with Gasteiger partial charge in [0.15, 0.2) is 0 Å². The minimum Gasteiger partial charge on any atom is -0.381 e. The van der Waals surface area contributed by atoms with Gasteiger partial charge in [0.05, 0.1) is 0 Å². The molecule has 0 atom stereocenters. The van der Waals surface area contributed by atoms with Gasteiger partial charge >= 0.3 is 0 Å². The van der Waals surface area contributed by atoms with Crippen molar-refractivity contribution in [3.05, 3.63) is 0 Å². The molecular weight excluding hydrogens is 328 g/mol. The molecule has 140 valence electrons. The van der Waals surface area contributed by atoms with Crippen LogP contribution in [0.15, 0.2) is 0 Å². The maximum absolute atomic E-state index is 5.07. The average Bonchev–Trinajstić information content (AvgIpc) is 2.68. The van der Waals surface area contributed by atoms with Crippen LogP contribution in [0, 0.1) is 0 Å². The van der Waals surface area contributed by atoms with E-state index >= 15 is 0 Å². The molecule has 0 bridgehead atoms. The Labute approximate surface area is 155 Å². The summed E-state index contributed by atoms with van der Waals surface area (Å²) in [4.78, 5) is 0. The molecule has 3 saturated heterocycles. The number of hydrogen-bond acceptors (Lipinski definition) is 5. The molecule has 3 aliphatic rings. The van der Waals surface area contributed by atoms with Crippen LogP contribution in [0.3, 0.4) is 0 Å². The highest BCUT2D eigenvalue weighted by Crippen LogP contribution is 2.03. The summed E-state index contributed by atoms with van der Waals surface area (Å²) in [6.45, 7) is 6.00. The lowest BCUT2D eigenvalue weighted by Crippen LogP contribution is -2.03. The first kappa shape index (κ1) is 23.6. The minimum atomic E-state index is 0.962. The van der Waals surface area contributed by atoms with Crippen molar-refractivity contribution in [3.8, 4) is 0 Å². The topological polar surface area (TPSA) is 27.7 Å². The quantitative estimate of drug-likeness (QED) is 0.688. The van der Waals surface area contributed by atoms with Crippen LogP contribution in [-0.4, -0.2) is 51.1 Å². The van der Waals surface area contributed by atoms with Crippen molar-refractivity contribution >= 4 is 25.3 Å². The second-order valence-corrected chi connectivity index (χ2v) is 6.71. The second-order valence-electron chi connectivity index (χ2n) is 5.82. The van der Waals surface area contributed by atoms with E-state index in [1.54, 1.807) is 0 Å². The van der Waals surface area contributed by atoms with Crippen LogP contribution in [0.2, 0.25) is 0 Å². The number of hydrogen-bond donors (Lipinski definition) is 2. The molecule has 0 N–H and O–H groups in total. The first-order chi connectivity index (χ1) is 11.4. The maximum atomic E-state index is 5.07. The molecule has 0 unspecified atom stereocenters. The molecule has 0 aromatic rings. The van der Waals surface area contributed by atoms with Crippen LogP contribution in [0.25, 0.3) is 0 Å². The summed E-state index contributed by atoms with van der Waals surface area (Å²) in [5, 5.41) is 0. The molecule has 0 amide bonds. The van der Waals surface area contributed by atoms with E-state index in [1.807, 2.05) is 0 Å². The van der Waals surface area contributed by atoms with Gasteiger partial charge in [0.1, 0.15) is 0 Å². The molecule has 0 saturated carbocycles. The highest BCUT2D eigenvalue weighted by atomic mass is 32.1. The highest BCUT2D eigenvalue weighted by Gasteiger charge is 1.96. The van der Waals surface area contributed by atoms with Crippen LogP contribution >= 0.6 is 25.3 Å². The molecule has 3 aliphatic heterocycles. The average molecular weight is 367 g/mol. The van der Waals surface area contributed by atoms with Crippen molar-refractivity contribution in [2.45, 2.75) is 64.2 Å². The highest BCUT2D eigenvalue weighted by molar-refractivity contribution is 7.81. The molecule has 5 heteroatoms. The molecule has 23 heavy (non-hydrogen) atoms. The van der Waals surface area contributed by atoms with E-state index in [9.17, 15) is 0 Å². The Kier molecular flexibility index (Phi) is 23.1. The van der Waals surface area contributed by atoms with Gasteiger partial charge in [0.2, 0.25) is 0 Å². The molecule has 3 rings (SSSR count). The monoisotopic (exact) mass is 366 g/mol. The summed E-state index contributed by atoms with van der Waals surface area (Å²) in [5.74, 6) is 1.92. The summed E-state index contributed by atoms with van der Waals surface area (Å²) in [6, 6.07) is 0. The molecule has 3 nitrogen and oxygen atoms in total. The van der Waals surface area contributed by atoms with E-state index in [0.717, 1.165) is 57.6 Å². The lowest BCUT2D eigenvalue weighted by Gasteiger charge is -2.08. The lowest BCUT2D eigenvalue weighted by atomic mass is 10.2. The first-order valence-corrected chi connectivity index (χ1v) is 10.6. The zero-order valence-electron chi connectivity index (χ0n) is 14.8. The molecule has 0 aromatic carbocycles. The van der Waals surface area contributed by atoms with Crippen LogP contribution in [0.5, 0.6) is 0 Å². The molecule has 0 spiro atoms. The third kappa shape index (κ3) is 22.6. The van der Waals surface area contributed by atoms with Gasteiger partial charge in [-0.25, -0.2) is 0 Å². The number of rotatable bonds is 2. The smallest absolute Gasteiger partial charge is 0.0466 e. The number of ether oxygens (including phenoxy) is 3. The predicted molar refractivity (Wildman–Crippen MR) is 106 cm³/mol. The van der Waals surface area contributed by atoms with Crippen molar-refractivity contribution in [3.63, 3.8) is 0 Å². The largest absolute Gasteiger partial charge is 0.381 e. The Hall–Kier alpha value is 0.580. The van der Waals surface area contributed by atoms with Crippen LogP contribution in [0.1, 0.15) is 64.2 Å². The molecule has 0 aliphatic carbocycles. The van der Waals surface area contributed by atoms with Gasteiger partial charge in [0, 0.05) is 39.6 Å². The molecule has 0 aromatic heterocycles. The van der Waals surface area contributed by atoms with E-state index in [1.165, 1.54) is 57.8 Å². The molecule has 0 radical (unpaired) electrons. The van der Waals surface area contributed by atoms with Gasteiger partial charge in [0.25, 0.3) is 0 Å².